The largest absolute Gasteiger partial charge is 0.377 e. The molecule has 5 nitrogen and oxygen atoms in total. The molecular weight excluding hydrogens is 230 g/mol. The summed E-state index contributed by atoms with van der Waals surface area (Å²) < 4.78 is 5.59. The van der Waals surface area contributed by atoms with E-state index in [9.17, 15) is 4.79 Å². The Kier molecular flexibility index (Phi) is 6.60. The summed E-state index contributed by atoms with van der Waals surface area (Å²) in [6, 6.07) is 0.0305. The maximum atomic E-state index is 11.3. The predicted molar refractivity (Wildman–Crippen MR) is 72.3 cm³/mol. The highest BCUT2D eigenvalue weighted by Gasteiger charge is 2.20. The van der Waals surface area contributed by atoms with E-state index in [1.807, 2.05) is 13.8 Å². The minimum absolute atomic E-state index is 0.239. The van der Waals surface area contributed by atoms with Crippen molar-refractivity contribution in [1.82, 2.24) is 10.2 Å². The Bertz CT molecular complexity index is 253. The van der Waals surface area contributed by atoms with Gasteiger partial charge in [-0.05, 0) is 32.9 Å². The number of rotatable bonds is 8. The van der Waals surface area contributed by atoms with E-state index in [-0.39, 0.29) is 18.0 Å². The average Bonchev–Trinajstić information content (AvgIpc) is 2.76. The van der Waals surface area contributed by atoms with Gasteiger partial charge in [0.25, 0.3) is 0 Å². The van der Waals surface area contributed by atoms with E-state index >= 15 is 0 Å². The third-order valence-corrected chi connectivity index (χ3v) is 3.22. The Hall–Kier alpha value is -0.650. The molecule has 0 bridgehead atoms. The molecule has 0 saturated carbocycles. The average molecular weight is 257 g/mol. The quantitative estimate of drug-likeness (QED) is 0.658. The van der Waals surface area contributed by atoms with Crippen molar-refractivity contribution >= 4 is 5.91 Å². The van der Waals surface area contributed by atoms with Gasteiger partial charge in [-0.25, -0.2) is 0 Å². The maximum Gasteiger partial charge on any atom is 0.234 e. The van der Waals surface area contributed by atoms with Crippen LogP contribution in [-0.4, -0.2) is 55.7 Å². The number of amides is 1. The molecule has 0 aromatic carbocycles. The van der Waals surface area contributed by atoms with Gasteiger partial charge in [0.05, 0.1) is 12.1 Å². The number of hydrogen-bond acceptors (Lipinski definition) is 4. The van der Waals surface area contributed by atoms with Crippen LogP contribution in [0.15, 0.2) is 0 Å². The standard InChI is InChI=1S/C13H27N3O2/c1-10(2)15-12(13(14)17)6-7-16(3)9-11-5-4-8-18-11/h10-12,15H,4-9H2,1-3H3,(H2,14,17). The molecule has 1 heterocycles. The maximum absolute atomic E-state index is 11.3. The third-order valence-electron chi connectivity index (χ3n) is 3.22. The molecule has 0 aromatic rings. The van der Waals surface area contributed by atoms with Crippen LogP contribution in [-0.2, 0) is 9.53 Å². The number of primary amides is 1. The van der Waals surface area contributed by atoms with Crippen molar-refractivity contribution in [3.63, 3.8) is 0 Å². The predicted octanol–water partition coefficient (Wildman–Crippen LogP) is 0.339. The first-order chi connectivity index (χ1) is 8.49. The van der Waals surface area contributed by atoms with E-state index in [4.69, 9.17) is 10.5 Å². The molecule has 2 atom stereocenters. The van der Waals surface area contributed by atoms with Gasteiger partial charge >= 0.3 is 0 Å². The number of hydrogen-bond donors (Lipinski definition) is 2. The van der Waals surface area contributed by atoms with Crippen LogP contribution in [0.2, 0.25) is 0 Å². The summed E-state index contributed by atoms with van der Waals surface area (Å²) in [5.74, 6) is -0.269. The van der Waals surface area contributed by atoms with Crippen molar-refractivity contribution in [3.8, 4) is 0 Å². The van der Waals surface area contributed by atoms with Crippen molar-refractivity contribution in [2.45, 2.75) is 51.3 Å². The first-order valence-electron chi connectivity index (χ1n) is 6.84. The second-order valence-electron chi connectivity index (χ2n) is 5.46. The number of nitrogens with zero attached hydrogens (tertiary/aromatic N) is 1. The lowest BCUT2D eigenvalue weighted by molar-refractivity contribution is -0.120. The molecule has 1 rings (SSSR count). The molecular formula is C13H27N3O2. The van der Waals surface area contributed by atoms with Gasteiger partial charge < -0.3 is 20.7 Å². The zero-order valence-corrected chi connectivity index (χ0v) is 11.8. The smallest absolute Gasteiger partial charge is 0.234 e. The van der Waals surface area contributed by atoms with Gasteiger partial charge in [0.2, 0.25) is 5.91 Å². The molecule has 5 heteroatoms. The van der Waals surface area contributed by atoms with Crippen LogP contribution in [0.1, 0.15) is 33.1 Å². The van der Waals surface area contributed by atoms with Gasteiger partial charge in [0.1, 0.15) is 0 Å². The van der Waals surface area contributed by atoms with Gasteiger partial charge in [0.15, 0.2) is 0 Å². The highest BCUT2D eigenvalue weighted by molar-refractivity contribution is 5.79. The molecule has 1 aliphatic rings. The summed E-state index contributed by atoms with van der Waals surface area (Å²) in [6.07, 6.45) is 3.42. The molecule has 106 valence electrons. The van der Waals surface area contributed by atoms with Crippen LogP contribution in [0, 0.1) is 0 Å². The molecule has 2 unspecified atom stereocenters. The summed E-state index contributed by atoms with van der Waals surface area (Å²) in [4.78, 5) is 13.5. The molecule has 0 spiro atoms. The Morgan fingerprint density at radius 1 is 1.56 bits per heavy atom. The van der Waals surface area contributed by atoms with Crippen molar-refractivity contribution in [2.75, 3.05) is 26.7 Å². The minimum atomic E-state index is -0.269. The molecule has 1 amide bonds. The zero-order valence-electron chi connectivity index (χ0n) is 11.8. The van der Waals surface area contributed by atoms with Gasteiger partial charge in [-0.2, -0.15) is 0 Å². The van der Waals surface area contributed by atoms with Crippen molar-refractivity contribution in [3.05, 3.63) is 0 Å². The van der Waals surface area contributed by atoms with E-state index in [2.05, 4.69) is 17.3 Å². The molecule has 1 saturated heterocycles. The van der Waals surface area contributed by atoms with E-state index in [1.54, 1.807) is 0 Å². The molecule has 0 aromatic heterocycles. The lowest BCUT2D eigenvalue weighted by Crippen LogP contribution is -2.46. The number of likely N-dealkylation sites (N-methyl/N-ethyl adjacent to an activating group) is 1. The number of carbonyl (C=O) groups is 1. The molecule has 18 heavy (non-hydrogen) atoms. The van der Waals surface area contributed by atoms with Crippen LogP contribution >= 0.6 is 0 Å². The first kappa shape index (κ1) is 15.4. The number of nitrogens with one attached hydrogen (secondary N) is 1. The number of ether oxygens (including phenoxy) is 1. The second-order valence-corrected chi connectivity index (χ2v) is 5.46. The summed E-state index contributed by atoms with van der Waals surface area (Å²) in [7, 11) is 2.06. The molecule has 3 N–H and O–H groups in total. The Balaban J connectivity index is 2.25. The molecule has 1 fully saturated rings. The van der Waals surface area contributed by atoms with Crippen LogP contribution < -0.4 is 11.1 Å². The van der Waals surface area contributed by atoms with E-state index in [0.29, 0.717) is 6.10 Å². The fourth-order valence-electron chi connectivity index (χ4n) is 2.29. The topological polar surface area (TPSA) is 67.6 Å². The third kappa shape index (κ3) is 5.80. The summed E-state index contributed by atoms with van der Waals surface area (Å²) in [6.45, 7) is 6.72. The number of carbonyl (C=O) groups excluding carboxylic acids is 1. The van der Waals surface area contributed by atoms with E-state index in [0.717, 1.165) is 39.0 Å². The van der Waals surface area contributed by atoms with Gasteiger partial charge in [-0.15, -0.1) is 0 Å². The van der Waals surface area contributed by atoms with Crippen LogP contribution in [0.5, 0.6) is 0 Å². The van der Waals surface area contributed by atoms with Crippen LogP contribution in [0.25, 0.3) is 0 Å². The van der Waals surface area contributed by atoms with Crippen molar-refractivity contribution in [2.24, 2.45) is 5.73 Å². The minimum Gasteiger partial charge on any atom is -0.377 e. The normalized spacial score (nSPS) is 21.7. The Labute approximate surface area is 110 Å². The van der Waals surface area contributed by atoms with Crippen LogP contribution in [0.4, 0.5) is 0 Å². The van der Waals surface area contributed by atoms with E-state index < -0.39 is 0 Å². The first-order valence-corrected chi connectivity index (χ1v) is 6.84. The van der Waals surface area contributed by atoms with Gasteiger partial charge in [-0.1, -0.05) is 13.8 Å². The van der Waals surface area contributed by atoms with Crippen molar-refractivity contribution in [1.29, 1.82) is 0 Å². The Morgan fingerprint density at radius 3 is 2.78 bits per heavy atom. The summed E-state index contributed by atoms with van der Waals surface area (Å²) >= 11 is 0. The van der Waals surface area contributed by atoms with Crippen LogP contribution in [0.3, 0.4) is 0 Å². The van der Waals surface area contributed by atoms with Gasteiger partial charge in [0, 0.05) is 19.2 Å². The van der Waals surface area contributed by atoms with Gasteiger partial charge in [-0.3, -0.25) is 4.79 Å². The Morgan fingerprint density at radius 2 is 2.28 bits per heavy atom. The monoisotopic (exact) mass is 257 g/mol. The lowest BCUT2D eigenvalue weighted by Gasteiger charge is -2.24. The summed E-state index contributed by atoms with van der Waals surface area (Å²) in [5.41, 5.74) is 5.39. The zero-order chi connectivity index (χ0) is 13.5. The fraction of sp³-hybridized carbons (Fsp3) is 0.923. The van der Waals surface area contributed by atoms with Crippen molar-refractivity contribution < 1.29 is 9.53 Å². The molecule has 1 aliphatic heterocycles. The molecule has 0 aliphatic carbocycles. The highest BCUT2D eigenvalue weighted by Crippen LogP contribution is 2.12. The fourth-order valence-corrected chi connectivity index (χ4v) is 2.29. The lowest BCUT2D eigenvalue weighted by atomic mass is 10.1. The summed E-state index contributed by atoms with van der Waals surface area (Å²) in [5, 5.41) is 3.20. The highest BCUT2D eigenvalue weighted by atomic mass is 16.5. The second kappa shape index (κ2) is 7.71. The van der Waals surface area contributed by atoms with E-state index in [1.165, 1.54) is 0 Å². The SMILES string of the molecule is CC(C)NC(CCN(C)CC1CCCO1)C(N)=O. The number of nitrogens with two attached hydrogens (primary N) is 1. The molecule has 0 radical (unpaired) electrons.